The molecule has 0 bridgehead atoms. The standard InChI is InChI=1S/C10H19NO4/c1-2-3-4-5-11-7-8(10(14)15)6-9(12)13/h8,11H,2-7H2,1H3,(H,12,13)(H,14,15). The molecule has 15 heavy (non-hydrogen) atoms. The van der Waals surface area contributed by atoms with E-state index in [9.17, 15) is 9.59 Å². The van der Waals surface area contributed by atoms with Gasteiger partial charge in [-0.3, -0.25) is 9.59 Å². The number of hydrogen-bond acceptors (Lipinski definition) is 3. The highest BCUT2D eigenvalue weighted by molar-refractivity contribution is 5.77. The van der Waals surface area contributed by atoms with Crippen LogP contribution in [0.25, 0.3) is 0 Å². The van der Waals surface area contributed by atoms with Gasteiger partial charge in [0.25, 0.3) is 0 Å². The summed E-state index contributed by atoms with van der Waals surface area (Å²) in [6.45, 7) is 3.06. The van der Waals surface area contributed by atoms with Crippen molar-refractivity contribution in [2.45, 2.75) is 32.6 Å². The van der Waals surface area contributed by atoms with E-state index in [1.807, 2.05) is 0 Å². The molecule has 0 aliphatic rings. The van der Waals surface area contributed by atoms with Gasteiger partial charge in [-0.05, 0) is 13.0 Å². The minimum atomic E-state index is -1.07. The molecule has 0 aliphatic carbocycles. The van der Waals surface area contributed by atoms with E-state index in [1.54, 1.807) is 0 Å². The second-order valence-corrected chi connectivity index (χ2v) is 3.54. The number of carboxylic acids is 2. The molecule has 1 unspecified atom stereocenters. The first kappa shape index (κ1) is 13.9. The highest BCUT2D eigenvalue weighted by Crippen LogP contribution is 2.02. The molecular weight excluding hydrogens is 198 g/mol. The van der Waals surface area contributed by atoms with E-state index in [4.69, 9.17) is 10.2 Å². The second-order valence-electron chi connectivity index (χ2n) is 3.54. The molecule has 5 nitrogen and oxygen atoms in total. The van der Waals surface area contributed by atoms with Gasteiger partial charge in [0.05, 0.1) is 12.3 Å². The van der Waals surface area contributed by atoms with Crippen molar-refractivity contribution in [3.05, 3.63) is 0 Å². The summed E-state index contributed by atoms with van der Waals surface area (Å²) in [5.41, 5.74) is 0. The van der Waals surface area contributed by atoms with E-state index < -0.39 is 17.9 Å². The summed E-state index contributed by atoms with van der Waals surface area (Å²) in [7, 11) is 0. The lowest BCUT2D eigenvalue weighted by Crippen LogP contribution is -2.30. The predicted octanol–water partition coefficient (Wildman–Crippen LogP) is 0.942. The molecule has 88 valence electrons. The van der Waals surface area contributed by atoms with Crippen molar-refractivity contribution in [2.75, 3.05) is 13.1 Å². The zero-order valence-corrected chi connectivity index (χ0v) is 9.03. The van der Waals surface area contributed by atoms with Crippen molar-refractivity contribution in [3.63, 3.8) is 0 Å². The van der Waals surface area contributed by atoms with Crippen molar-refractivity contribution >= 4 is 11.9 Å². The minimum Gasteiger partial charge on any atom is -0.481 e. The van der Waals surface area contributed by atoms with Gasteiger partial charge in [0.1, 0.15) is 0 Å². The molecule has 0 fully saturated rings. The Bertz CT molecular complexity index is 206. The smallest absolute Gasteiger partial charge is 0.308 e. The van der Waals surface area contributed by atoms with E-state index in [-0.39, 0.29) is 13.0 Å². The number of carboxylic acid groups (broad SMARTS) is 2. The van der Waals surface area contributed by atoms with E-state index in [1.165, 1.54) is 0 Å². The van der Waals surface area contributed by atoms with Crippen LogP contribution in [0.4, 0.5) is 0 Å². The maximum Gasteiger partial charge on any atom is 0.308 e. The SMILES string of the molecule is CCCCCNCC(CC(=O)O)C(=O)O. The summed E-state index contributed by atoms with van der Waals surface area (Å²) in [6, 6.07) is 0. The number of nitrogens with one attached hydrogen (secondary N) is 1. The highest BCUT2D eigenvalue weighted by atomic mass is 16.4. The van der Waals surface area contributed by atoms with Crippen molar-refractivity contribution < 1.29 is 19.8 Å². The van der Waals surface area contributed by atoms with Crippen LogP contribution in [0.3, 0.4) is 0 Å². The lowest BCUT2D eigenvalue weighted by atomic mass is 10.1. The van der Waals surface area contributed by atoms with Crippen LogP contribution in [0, 0.1) is 5.92 Å². The summed E-state index contributed by atoms with van der Waals surface area (Å²) in [5, 5.41) is 20.2. The van der Waals surface area contributed by atoms with Crippen LogP contribution in [-0.2, 0) is 9.59 Å². The summed E-state index contributed by atoms with van der Waals surface area (Å²) in [6.07, 6.45) is 2.88. The monoisotopic (exact) mass is 217 g/mol. The normalized spacial score (nSPS) is 12.3. The van der Waals surface area contributed by atoms with Gasteiger partial charge in [0, 0.05) is 6.54 Å². The number of hydrogen-bond donors (Lipinski definition) is 3. The minimum absolute atomic E-state index is 0.228. The molecule has 0 aliphatic heterocycles. The van der Waals surface area contributed by atoms with Crippen LogP contribution in [0.15, 0.2) is 0 Å². The fourth-order valence-corrected chi connectivity index (χ4v) is 1.23. The summed E-state index contributed by atoms with van der Waals surface area (Å²) in [4.78, 5) is 21.0. The molecule has 0 saturated carbocycles. The fourth-order valence-electron chi connectivity index (χ4n) is 1.23. The van der Waals surface area contributed by atoms with E-state index in [0.717, 1.165) is 25.8 Å². The number of rotatable bonds is 9. The van der Waals surface area contributed by atoms with Crippen molar-refractivity contribution in [2.24, 2.45) is 5.92 Å². The first-order valence-corrected chi connectivity index (χ1v) is 5.23. The maximum atomic E-state index is 10.7. The number of carbonyl (C=O) groups is 2. The zero-order chi connectivity index (χ0) is 11.7. The summed E-state index contributed by atoms with van der Waals surface area (Å²) in [5.74, 6) is -2.96. The van der Waals surface area contributed by atoms with E-state index in [0.29, 0.717) is 0 Å². The van der Waals surface area contributed by atoms with Crippen LogP contribution in [0.2, 0.25) is 0 Å². The van der Waals surface area contributed by atoms with Crippen LogP contribution >= 0.6 is 0 Å². The molecule has 3 N–H and O–H groups in total. The molecule has 0 aromatic carbocycles. The Hall–Kier alpha value is -1.10. The Morgan fingerprint density at radius 1 is 1.27 bits per heavy atom. The van der Waals surface area contributed by atoms with Gasteiger partial charge in [0.15, 0.2) is 0 Å². The van der Waals surface area contributed by atoms with Gasteiger partial charge in [-0.25, -0.2) is 0 Å². The van der Waals surface area contributed by atoms with Gasteiger partial charge >= 0.3 is 11.9 Å². The maximum absolute atomic E-state index is 10.7. The summed E-state index contributed by atoms with van der Waals surface area (Å²) >= 11 is 0. The first-order chi connectivity index (χ1) is 7.07. The Labute approximate surface area is 89.5 Å². The van der Waals surface area contributed by atoms with E-state index >= 15 is 0 Å². The van der Waals surface area contributed by atoms with Gasteiger partial charge in [-0.15, -0.1) is 0 Å². The predicted molar refractivity (Wildman–Crippen MR) is 55.8 cm³/mol. The Balaban J connectivity index is 3.67. The lowest BCUT2D eigenvalue weighted by molar-refractivity contribution is -0.148. The van der Waals surface area contributed by atoms with Crippen molar-refractivity contribution in [1.29, 1.82) is 0 Å². The average Bonchev–Trinajstić information content (AvgIpc) is 2.15. The van der Waals surface area contributed by atoms with Crippen LogP contribution in [0.1, 0.15) is 32.6 Å². The largest absolute Gasteiger partial charge is 0.481 e. The second kappa shape index (κ2) is 8.23. The lowest BCUT2D eigenvalue weighted by Gasteiger charge is -2.10. The van der Waals surface area contributed by atoms with Gasteiger partial charge in [0.2, 0.25) is 0 Å². The quantitative estimate of drug-likeness (QED) is 0.500. The van der Waals surface area contributed by atoms with Gasteiger partial charge in [-0.2, -0.15) is 0 Å². The fraction of sp³-hybridized carbons (Fsp3) is 0.800. The summed E-state index contributed by atoms with van der Waals surface area (Å²) < 4.78 is 0. The molecule has 0 radical (unpaired) electrons. The molecule has 0 rings (SSSR count). The number of unbranched alkanes of at least 4 members (excludes halogenated alkanes) is 2. The molecule has 0 spiro atoms. The van der Waals surface area contributed by atoms with Crippen molar-refractivity contribution in [1.82, 2.24) is 5.32 Å². The zero-order valence-electron chi connectivity index (χ0n) is 9.03. The third-order valence-corrected chi connectivity index (χ3v) is 2.12. The third kappa shape index (κ3) is 7.93. The Morgan fingerprint density at radius 3 is 2.40 bits per heavy atom. The first-order valence-electron chi connectivity index (χ1n) is 5.23. The van der Waals surface area contributed by atoms with Crippen LogP contribution in [0.5, 0.6) is 0 Å². The van der Waals surface area contributed by atoms with Crippen molar-refractivity contribution in [3.8, 4) is 0 Å². The molecule has 1 atom stereocenters. The highest BCUT2D eigenvalue weighted by Gasteiger charge is 2.19. The molecule has 0 saturated heterocycles. The Kier molecular flexibility index (Phi) is 7.62. The van der Waals surface area contributed by atoms with Crippen LogP contribution < -0.4 is 5.32 Å². The molecular formula is C10H19NO4. The molecule has 0 heterocycles. The van der Waals surface area contributed by atoms with Crippen LogP contribution in [-0.4, -0.2) is 35.2 Å². The molecule has 0 aromatic rings. The topological polar surface area (TPSA) is 86.6 Å². The third-order valence-electron chi connectivity index (χ3n) is 2.12. The van der Waals surface area contributed by atoms with Gasteiger partial charge < -0.3 is 15.5 Å². The molecule has 5 heteroatoms. The van der Waals surface area contributed by atoms with Gasteiger partial charge in [-0.1, -0.05) is 19.8 Å². The van der Waals surface area contributed by atoms with E-state index in [2.05, 4.69) is 12.2 Å². The molecule has 0 amide bonds. The average molecular weight is 217 g/mol. The number of aliphatic carboxylic acids is 2. The Morgan fingerprint density at radius 2 is 1.93 bits per heavy atom. The molecule has 0 aromatic heterocycles.